The maximum atomic E-state index is 5.73. The van der Waals surface area contributed by atoms with Crippen molar-refractivity contribution in [1.82, 2.24) is 14.8 Å². The van der Waals surface area contributed by atoms with Gasteiger partial charge >= 0.3 is 6.01 Å². The number of ether oxygens (including phenoxy) is 2. The van der Waals surface area contributed by atoms with Crippen LogP contribution in [0.4, 0.5) is 0 Å². The standard InChI is InChI=1S/C16H17N3O3/c1-20-14-7-2-3-8-15(14)21-11-4-6-13-12-22-16(18-13)19-10-5-9-17-19/h2-3,5,7-10,12H,4,6,11H2,1H3. The van der Waals surface area contributed by atoms with Gasteiger partial charge in [0.15, 0.2) is 11.5 Å². The quantitative estimate of drug-likeness (QED) is 0.628. The molecule has 6 nitrogen and oxygen atoms in total. The summed E-state index contributed by atoms with van der Waals surface area (Å²) in [7, 11) is 1.63. The third kappa shape index (κ3) is 3.28. The van der Waals surface area contributed by atoms with Gasteiger partial charge in [-0.25, -0.2) is 0 Å². The van der Waals surface area contributed by atoms with Crippen LogP contribution in [0.25, 0.3) is 6.01 Å². The highest BCUT2D eigenvalue weighted by molar-refractivity contribution is 5.39. The average molecular weight is 299 g/mol. The van der Waals surface area contributed by atoms with Gasteiger partial charge in [-0.1, -0.05) is 12.1 Å². The minimum absolute atomic E-state index is 0.477. The number of aromatic nitrogens is 3. The molecule has 0 N–H and O–H groups in total. The van der Waals surface area contributed by atoms with Crippen LogP contribution >= 0.6 is 0 Å². The number of rotatable bonds is 7. The Balaban J connectivity index is 1.49. The van der Waals surface area contributed by atoms with Gasteiger partial charge in [0.2, 0.25) is 0 Å². The summed E-state index contributed by atoms with van der Waals surface area (Å²) in [6.45, 7) is 0.588. The van der Waals surface area contributed by atoms with Crippen molar-refractivity contribution in [2.24, 2.45) is 0 Å². The molecule has 0 unspecified atom stereocenters. The lowest BCUT2D eigenvalue weighted by molar-refractivity contribution is 0.289. The summed E-state index contributed by atoms with van der Waals surface area (Å²) in [5.74, 6) is 1.49. The SMILES string of the molecule is COc1ccccc1OCCCc1coc(-n2cccn2)n1. The van der Waals surface area contributed by atoms with E-state index in [9.17, 15) is 0 Å². The fourth-order valence-corrected chi connectivity index (χ4v) is 2.07. The molecule has 0 spiro atoms. The van der Waals surface area contributed by atoms with Crippen LogP contribution in [0.5, 0.6) is 11.5 Å². The molecular formula is C16H17N3O3. The molecule has 0 aliphatic carbocycles. The van der Waals surface area contributed by atoms with E-state index in [0.29, 0.717) is 12.6 Å². The van der Waals surface area contributed by atoms with E-state index in [1.807, 2.05) is 30.3 Å². The topological polar surface area (TPSA) is 62.3 Å². The first kappa shape index (κ1) is 14.2. The molecule has 0 fully saturated rings. The van der Waals surface area contributed by atoms with Gasteiger partial charge in [-0.2, -0.15) is 14.8 Å². The second kappa shape index (κ2) is 6.80. The molecule has 0 atom stereocenters. The lowest BCUT2D eigenvalue weighted by Crippen LogP contribution is -2.01. The van der Waals surface area contributed by atoms with Gasteiger partial charge in [-0.05, 0) is 31.0 Å². The second-order valence-corrected chi connectivity index (χ2v) is 4.67. The van der Waals surface area contributed by atoms with Crippen LogP contribution in [-0.4, -0.2) is 28.5 Å². The van der Waals surface area contributed by atoms with E-state index in [0.717, 1.165) is 30.0 Å². The summed E-state index contributed by atoms with van der Waals surface area (Å²) in [6.07, 6.45) is 6.74. The Morgan fingerprint density at radius 3 is 2.82 bits per heavy atom. The Bertz CT molecular complexity index is 707. The monoisotopic (exact) mass is 299 g/mol. The molecule has 0 saturated carbocycles. The molecule has 0 aliphatic heterocycles. The Hall–Kier alpha value is -2.76. The number of hydrogen-bond acceptors (Lipinski definition) is 5. The van der Waals surface area contributed by atoms with Gasteiger partial charge in [0.25, 0.3) is 0 Å². The predicted octanol–water partition coefficient (Wildman–Crippen LogP) is 2.88. The second-order valence-electron chi connectivity index (χ2n) is 4.67. The highest BCUT2D eigenvalue weighted by atomic mass is 16.5. The highest BCUT2D eigenvalue weighted by Crippen LogP contribution is 2.25. The lowest BCUT2D eigenvalue weighted by Gasteiger charge is -2.09. The van der Waals surface area contributed by atoms with Crippen molar-refractivity contribution in [3.8, 4) is 17.5 Å². The van der Waals surface area contributed by atoms with Crippen molar-refractivity contribution in [2.45, 2.75) is 12.8 Å². The Morgan fingerprint density at radius 2 is 2.05 bits per heavy atom. The zero-order valence-electron chi connectivity index (χ0n) is 12.3. The summed E-state index contributed by atoms with van der Waals surface area (Å²) in [5, 5.41) is 4.08. The summed E-state index contributed by atoms with van der Waals surface area (Å²) in [4.78, 5) is 4.38. The van der Waals surface area contributed by atoms with Crippen LogP contribution in [0, 0.1) is 0 Å². The van der Waals surface area contributed by atoms with Crippen molar-refractivity contribution in [3.63, 3.8) is 0 Å². The molecular weight excluding hydrogens is 282 g/mol. The lowest BCUT2D eigenvalue weighted by atomic mass is 10.2. The molecule has 0 saturated heterocycles. The minimum Gasteiger partial charge on any atom is -0.493 e. The number of benzene rings is 1. The zero-order chi connectivity index (χ0) is 15.2. The Labute approximate surface area is 128 Å². The first-order chi connectivity index (χ1) is 10.9. The van der Waals surface area contributed by atoms with Crippen molar-refractivity contribution in [1.29, 1.82) is 0 Å². The summed E-state index contributed by atoms with van der Waals surface area (Å²) >= 11 is 0. The first-order valence-electron chi connectivity index (χ1n) is 7.07. The van der Waals surface area contributed by atoms with Crippen LogP contribution in [0.3, 0.4) is 0 Å². The van der Waals surface area contributed by atoms with Crippen molar-refractivity contribution < 1.29 is 13.9 Å². The molecule has 1 aromatic carbocycles. The number of hydrogen-bond donors (Lipinski definition) is 0. The smallest absolute Gasteiger partial charge is 0.322 e. The maximum absolute atomic E-state index is 5.73. The molecule has 0 aliphatic rings. The third-order valence-corrected chi connectivity index (χ3v) is 3.14. The molecule has 2 aromatic heterocycles. The molecule has 3 rings (SSSR count). The van der Waals surface area contributed by atoms with Gasteiger partial charge in [0, 0.05) is 12.4 Å². The molecule has 114 valence electrons. The van der Waals surface area contributed by atoms with Crippen LogP contribution in [0.2, 0.25) is 0 Å². The van der Waals surface area contributed by atoms with Crippen LogP contribution in [0.1, 0.15) is 12.1 Å². The highest BCUT2D eigenvalue weighted by Gasteiger charge is 2.07. The van der Waals surface area contributed by atoms with E-state index < -0.39 is 0 Å². The third-order valence-electron chi connectivity index (χ3n) is 3.14. The Morgan fingerprint density at radius 1 is 1.18 bits per heavy atom. The van der Waals surface area contributed by atoms with Gasteiger partial charge in [-0.15, -0.1) is 0 Å². The number of oxazole rings is 1. The summed E-state index contributed by atoms with van der Waals surface area (Å²) < 4.78 is 18.0. The van der Waals surface area contributed by atoms with E-state index in [-0.39, 0.29) is 0 Å². The molecule has 0 bridgehead atoms. The van der Waals surface area contributed by atoms with E-state index >= 15 is 0 Å². The number of aryl methyl sites for hydroxylation is 1. The van der Waals surface area contributed by atoms with Gasteiger partial charge in [0.05, 0.1) is 19.4 Å². The molecule has 3 aromatic rings. The fourth-order valence-electron chi connectivity index (χ4n) is 2.07. The largest absolute Gasteiger partial charge is 0.493 e. The summed E-state index contributed by atoms with van der Waals surface area (Å²) in [5.41, 5.74) is 0.883. The molecule has 0 amide bonds. The number of nitrogens with zero attached hydrogens (tertiary/aromatic N) is 3. The van der Waals surface area contributed by atoms with Crippen LogP contribution < -0.4 is 9.47 Å². The number of methoxy groups -OCH3 is 1. The van der Waals surface area contributed by atoms with Crippen molar-refractivity contribution >= 4 is 0 Å². The summed E-state index contributed by atoms with van der Waals surface area (Å²) in [6, 6.07) is 9.91. The van der Waals surface area contributed by atoms with Gasteiger partial charge in [0.1, 0.15) is 6.26 Å². The van der Waals surface area contributed by atoms with E-state index in [1.54, 1.807) is 30.4 Å². The number of para-hydroxylation sites is 2. The zero-order valence-corrected chi connectivity index (χ0v) is 12.3. The fraction of sp³-hybridized carbons (Fsp3) is 0.250. The minimum atomic E-state index is 0.477. The maximum Gasteiger partial charge on any atom is 0.322 e. The normalized spacial score (nSPS) is 10.6. The molecule has 6 heteroatoms. The van der Waals surface area contributed by atoms with Crippen molar-refractivity contribution in [3.05, 3.63) is 54.7 Å². The Kier molecular flexibility index (Phi) is 4.38. The first-order valence-corrected chi connectivity index (χ1v) is 7.07. The predicted molar refractivity (Wildman–Crippen MR) is 80.4 cm³/mol. The molecule has 0 radical (unpaired) electrons. The van der Waals surface area contributed by atoms with Gasteiger partial charge < -0.3 is 13.9 Å². The van der Waals surface area contributed by atoms with Gasteiger partial charge in [-0.3, -0.25) is 0 Å². The van der Waals surface area contributed by atoms with Crippen LogP contribution in [-0.2, 0) is 6.42 Å². The van der Waals surface area contributed by atoms with E-state index in [4.69, 9.17) is 13.9 Å². The van der Waals surface area contributed by atoms with Crippen LogP contribution in [0.15, 0.2) is 53.4 Å². The van der Waals surface area contributed by atoms with E-state index in [1.165, 1.54) is 0 Å². The molecule has 2 heterocycles. The molecule has 22 heavy (non-hydrogen) atoms. The van der Waals surface area contributed by atoms with E-state index in [2.05, 4.69) is 10.1 Å². The average Bonchev–Trinajstić information content (AvgIpc) is 3.23. The van der Waals surface area contributed by atoms with Crippen molar-refractivity contribution in [2.75, 3.05) is 13.7 Å².